The first kappa shape index (κ1) is 32.6. The fraction of sp³-hybridized carbons (Fsp3) is 0.562. The van der Waals surface area contributed by atoms with Crippen LogP contribution in [0.2, 0.25) is 0 Å². The maximum atomic E-state index is 16.0. The number of nitrogens with zero attached hydrogens (tertiary/aromatic N) is 4. The molecule has 4 heterocycles. The minimum atomic E-state index is -4.94. The van der Waals surface area contributed by atoms with Gasteiger partial charge in [0.25, 0.3) is 5.91 Å². The second-order valence-electron chi connectivity index (χ2n) is 13.4. The quantitative estimate of drug-likeness (QED) is 0.437. The van der Waals surface area contributed by atoms with Crippen molar-refractivity contribution in [2.45, 2.75) is 89.8 Å². The predicted octanol–water partition coefficient (Wildman–Crippen LogP) is 5.56. The molecule has 0 aliphatic carbocycles. The Morgan fingerprint density at radius 1 is 1.07 bits per heavy atom. The molecule has 5 rings (SSSR count). The van der Waals surface area contributed by atoms with Gasteiger partial charge in [-0.25, -0.2) is 14.2 Å². The second kappa shape index (κ2) is 11.9. The number of ether oxygens (including phenoxy) is 1. The lowest BCUT2D eigenvalue weighted by atomic mass is 9.93. The van der Waals surface area contributed by atoms with Gasteiger partial charge >= 0.3 is 12.3 Å². The fourth-order valence-electron chi connectivity index (χ4n) is 6.57. The summed E-state index contributed by atoms with van der Waals surface area (Å²) in [6.07, 6.45) is -0.789. The lowest BCUT2D eigenvalue weighted by Crippen LogP contribution is -2.55. The van der Waals surface area contributed by atoms with Crippen LogP contribution in [0.4, 0.5) is 33.7 Å². The third kappa shape index (κ3) is 6.78. The number of nitrogens with one attached hydrogen (secondary N) is 1. The zero-order valence-electron chi connectivity index (χ0n) is 26.2. The Morgan fingerprint density at radius 2 is 1.73 bits per heavy atom. The summed E-state index contributed by atoms with van der Waals surface area (Å²) in [7, 11) is 1.98. The van der Waals surface area contributed by atoms with Crippen molar-refractivity contribution in [3.63, 3.8) is 0 Å². The van der Waals surface area contributed by atoms with Crippen LogP contribution >= 0.6 is 0 Å². The summed E-state index contributed by atoms with van der Waals surface area (Å²) in [5, 5.41) is 2.62. The highest BCUT2D eigenvalue weighted by molar-refractivity contribution is 6.11. The summed E-state index contributed by atoms with van der Waals surface area (Å²) in [5.41, 5.74) is -0.667. The van der Waals surface area contributed by atoms with Gasteiger partial charge < -0.3 is 15.0 Å². The maximum Gasteiger partial charge on any atom is 0.414 e. The van der Waals surface area contributed by atoms with Crippen molar-refractivity contribution in [3.8, 4) is 0 Å². The molecule has 1 aromatic carbocycles. The third-order valence-corrected chi connectivity index (χ3v) is 8.96. The number of carbonyl (C=O) groups excluding carboxylic acids is 3. The average Bonchev–Trinajstić information content (AvgIpc) is 3.20. The first-order chi connectivity index (χ1) is 20.9. The monoisotopic (exact) mass is 633 g/mol. The molecule has 45 heavy (non-hydrogen) atoms. The molecule has 1 aromatic rings. The number of likely N-dealkylation sites (N-methyl/N-ethyl adjacent to an activating group) is 1. The Hall–Kier alpha value is -3.74. The average molecular weight is 634 g/mol. The molecule has 3 amide bonds. The largest absolute Gasteiger partial charge is 0.444 e. The number of benzene rings is 1. The first-order valence-electron chi connectivity index (χ1n) is 15.1. The summed E-state index contributed by atoms with van der Waals surface area (Å²) < 4.78 is 63.1. The molecule has 2 fully saturated rings. The van der Waals surface area contributed by atoms with E-state index in [0.29, 0.717) is 55.9 Å². The lowest BCUT2D eigenvalue weighted by molar-refractivity contribution is -0.124. The van der Waals surface area contributed by atoms with E-state index in [4.69, 9.17) is 4.74 Å². The van der Waals surface area contributed by atoms with Crippen molar-refractivity contribution in [1.29, 1.82) is 0 Å². The van der Waals surface area contributed by atoms with Crippen LogP contribution in [-0.2, 0) is 14.3 Å². The Morgan fingerprint density at radius 3 is 2.33 bits per heavy atom. The number of halogens is 4. The van der Waals surface area contributed by atoms with E-state index in [-0.39, 0.29) is 35.4 Å². The summed E-state index contributed by atoms with van der Waals surface area (Å²) in [6.45, 7) is 10.4. The molecular formula is C32H39F4N5O4. The molecular weight excluding hydrogens is 594 g/mol. The standard InChI is InChI=1S/C32H39F4N5O4/c1-17-15-40(16-18(2)39(17)6)27-13-25(33)22(19-9-20-7-8-21(10-19)41(20)30(44)45-31(3,4)5)11-26(27)38-29(43)23-14-37-28(42)12-24(23)32(34,35)36/h9,11-14,17-18,20-21,23H,7-8,10,15-16H2,1-6H3,(H,38,43)/t17-,18+,20?,21?,23?. The molecule has 2 bridgehead atoms. The molecule has 0 saturated carbocycles. The molecule has 0 spiro atoms. The molecule has 4 aliphatic rings. The summed E-state index contributed by atoms with van der Waals surface area (Å²) in [4.78, 5) is 47.2. The van der Waals surface area contributed by atoms with E-state index in [1.807, 2.05) is 31.9 Å². The number of amides is 3. The highest BCUT2D eigenvalue weighted by Gasteiger charge is 2.44. The predicted molar refractivity (Wildman–Crippen MR) is 163 cm³/mol. The molecule has 5 atom stereocenters. The molecule has 1 N–H and O–H groups in total. The Kier molecular flexibility index (Phi) is 8.62. The van der Waals surface area contributed by atoms with E-state index in [2.05, 4.69) is 15.2 Å². The second-order valence-corrected chi connectivity index (χ2v) is 13.4. The van der Waals surface area contributed by atoms with Gasteiger partial charge in [0, 0.05) is 49.1 Å². The van der Waals surface area contributed by atoms with Crippen molar-refractivity contribution in [1.82, 2.24) is 9.80 Å². The van der Waals surface area contributed by atoms with Crippen LogP contribution in [0.15, 0.2) is 34.9 Å². The fourth-order valence-corrected chi connectivity index (χ4v) is 6.57. The van der Waals surface area contributed by atoms with Gasteiger partial charge in [-0.2, -0.15) is 13.2 Å². The molecule has 244 valence electrons. The number of hydrogen-bond donors (Lipinski definition) is 1. The molecule has 2 saturated heterocycles. The molecule has 3 unspecified atom stereocenters. The Labute approximate surface area is 260 Å². The van der Waals surface area contributed by atoms with E-state index in [1.165, 1.54) is 12.1 Å². The highest BCUT2D eigenvalue weighted by atomic mass is 19.4. The van der Waals surface area contributed by atoms with Crippen LogP contribution in [0.25, 0.3) is 5.57 Å². The number of hydrogen-bond acceptors (Lipinski definition) is 6. The van der Waals surface area contributed by atoms with E-state index in [9.17, 15) is 27.6 Å². The van der Waals surface area contributed by atoms with Gasteiger partial charge in [0.15, 0.2) is 0 Å². The van der Waals surface area contributed by atoms with Crippen LogP contribution in [-0.4, -0.2) is 90.0 Å². The van der Waals surface area contributed by atoms with Crippen LogP contribution in [0.1, 0.15) is 59.4 Å². The molecule has 0 radical (unpaired) electrons. The lowest BCUT2D eigenvalue weighted by Gasteiger charge is -2.44. The smallest absolute Gasteiger partial charge is 0.414 e. The van der Waals surface area contributed by atoms with Crippen molar-refractivity contribution in [2.75, 3.05) is 30.4 Å². The normalized spacial score (nSPS) is 27.3. The van der Waals surface area contributed by atoms with Crippen LogP contribution in [0.3, 0.4) is 0 Å². The number of carbonyl (C=O) groups is 3. The minimum Gasteiger partial charge on any atom is -0.444 e. The summed E-state index contributed by atoms with van der Waals surface area (Å²) in [5.74, 6) is -4.55. The van der Waals surface area contributed by atoms with Crippen molar-refractivity contribution >= 4 is 41.1 Å². The summed E-state index contributed by atoms with van der Waals surface area (Å²) >= 11 is 0. The van der Waals surface area contributed by atoms with E-state index < -0.39 is 47.0 Å². The number of fused-ring (bicyclic) bond motifs is 2. The minimum absolute atomic E-state index is 0.0757. The van der Waals surface area contributed by atoms with Crippen LogP contribution < -0.4 is 10.2 Å². The first-order valence-corrected chi connectivity index (χ1v) is 15.1. The number of rotatable bonds is 4. The van der Waals surface area contributed by atoms with Gasteiger partial charge in [-0.15, -0.1) is 0 Å². The van der Waals surface area contributed by atoms with E-state index in [1.54, 1.807) is 25.7 Å². The van der Waals surface area contributed by atoms with Gasteiger partial charge in [0.05, 0.1) is 23.0 Å². The van der Waals surface area contributed by atoms with Crippen LogP contribution in [0.5, 0.6) is 0 Å². The molecule has 13 heteroatoms. The van der Waals surface area contributed by atoms with E-state index >= 15 is 4.39 Å². The number of dihydropyridines is 1. The zero-order valence-corrected chi connectivity index (χ0v) is 26.2. The van der Waals surface area contributed by atoms with Gasteiger partial charge in [-0.1, -0.05) is 6.08 Å². The topological polar surface area (TPSA) is 94.5 Å². The van der Waals surface area contributed by atoms with Crippen LogP contribution in [0, 0.1) is 11.7 Å². The highest BCUT2D eigenvalue weighted by Crippen LogP contribution is 2.43. The molecule has 0 aromatic heterocycles. The van der Waals surface area contributed by atoms with Crippen molar-refractivity contribution < 1.29 is 36.7 Å². The maximum absolute atomic E-state index is 16.0. The number of anilines is 2. The summed E-state index contributed by atoms with van der Waals surface area (Å²) in [6, 6.07) is 2.42. The van der Waals surface area contributed by atoms with Crippen molar-refractivity contribution in [2.24, 2.45) is 10.9 Å². The van der Waals surface area contributed by atoms with Crippen molar-refractivity contribution in [3.05, 3.63) is 41.2 Å². The van der Waals surface area contributed by atoms with Gasteiger partial charge in [0.2, 0.25) is 5.91 Å². The number of alkyl halides is 3. The SMILES string of the molecule is C[C@@H]1CN(c2cc(F)c(C3=CC4CCC(C3)N4C(=O)OC(C)(C)C)cc2NC(=O)C2C=NC(=O)C=C2C(F)(F)F)C[C@H](C)N1C. The Bertz CT molecular complexity index is 1470. The number of piperazine rings is 1. The number of aliphatic imine (C=N–C) groups is 1. The Balaban J connectivity index is 1.52. The van der Waals surface area contributed by atoms with Gasteiger partial charge in [0.1, 0.15) is 17.3 Å². The van der Waals surface area contributed by atoms with Gasteiger partial charge in [-0.3, -0.25) is 19.4 Å². The van der Waals surface area contributed by atoms with E-state index in [0.717, 1.165) is 0 Å². The third-order valence-electron chi connectivity index (χ3n) is 8.96. The molecule has 4 aliphatic heterocycles. The van der Waals surface area contributed by atoms with Gasteiger partial charge in [-0.05, 0) is 78.6 Å². The zero-order chi connectivity index (χ0) is 33.0. The molecule has 9 nitrogen and oxygen atoms in total.